The first-order chi connectivity index (χ1) is 6.97. The van der Waals surface area contributed by atoms with Crippen molar-refractivity contribution in [2.75, 3.05) is 26.2 Å². The Morgan fingerprint density at radius 1 is 1.56 bits per heavy atom. The van der Waals surface area contributed by atoms with E-state index in [0.29, 0.717) is 6.54 Å². The van der Waals surface area contributed by atoms with Crippen LogP contribution in [-0.4, -0.2) is 43.2 Å². The van der Waals surface area contributed by atoms with E-state index in [9.17, 15) is 4.79 Å². The molecule has 1 saturated heterocycles. The van der Waals surface area contributed by atoms with Crippen LogP contribution in [0, 0.1) is 5.41 Å². The number of halogens is 1. The van der Waals surface area contributed by atoms with Crippen LogP contribution in [0.5, 0.6) is 0 Å². The van der Waals surface area contributed by atoms with E-state index in [2.05, 4.69) is 6.92 Å². The Labute approximate surface area is 104 Å². The molecule has 0 aromatic heterocycles. The van der Waals surface area contributed by atoms with E-state index in [4.69, 9.17) is 10.5 Å². The van der Waals surface area contributed by atoms with Crippen molar-refractivity contribution in [1.29, 1.82) is 0 Å². The number of nitrogens with zero attached hydrogens (tertiary/aromatic N) is 1. The van der Waals surface area contributed by atoms with Gasteiger partial charge in [-0.25, -0.2) is 0 Å². The summed E-state index contributed by atoms with van der Waals surface area (Å²) in [5.74, 6) is 0.0841. The smallest absolute Gasteiger partial charge is 0.248 e. The van der Waals surface area contributed by atoms with Gasteiger partial charge >= 0.3 is 0 Å². The van der Waals surface area contributed by atoms with Crippen molar-refractivity contribution in [3.63, 3.8) is 0 Å². The topological polar surface area (TPSA) is 55.6 Å². The van der Waals surface area contributed by atoms with E-state index in [0.717, 1.165) is 19.5 Å². The molecule has 1 heterocycles. The van der Waals surface area contributed by atoms with E-state index in [1.807, 2.05) is 18.7 Å². The minimum absolute atomic E-state index is 0. The molecule has 1 atom stereocenters. The second kappa shape index (κ2) is 6.42. The zero-order chi connectivity index (χ0) is 11.5. The standard InChI is InChI=1S/C11H22N2O2.ClH/c1-9(2)15-6-10(14)13-5-4-11(3,7-12)8-13;/h9H,4-8,12H2,1-3H3;1H. The van der Waals surface area contributed by atoms with E-state index in [1.54, 1.807) is 0 Å². The molecule has 0 aromatic carbocycles. The lowest BCUT2D eigenvalue weighted by atomic mass is 9.90. The largest absolute Gasteiger partial charge is 0.369 e. The van der Waals surface area contributed by atoms with Crippen molar-refractivity contribution in [1.82, 2.24) is 4.90 Å². The van der Waals surface area contributed by atoms with Crippen LogP contribution < -0.4 is 5.73 Å². The Morgan fingerprint density at radius 2 is 2.19 bits per heavy atom. The number of ether oxygens (including phenoxy) is 1. The van der Waals surface area contributed by atoms with Crippen LogP contribution in [0.4, 0.5) is 0 Å². The molecular formula is C11H23ClN2O2. The van der Waals surface area contributed by atoms with Gasteiger partial charge in [-0.1, -0.05) is 6.92 Å². The minimum Gasteiger partial charge on any atom is -0.369 e. The maximum Gasteiger partial charge on any atom is 0.248 e. The zero-order valence-corrected chi connectivity index (χ0v) is 11.2. The van der Waals surface area contributed by atoms with Crippen molar-refractivity contribution in [2.45, 2.75) is 33.3 Å². The first-order valence-corrected chi connectivity index (χ1v) is 5.56. The Balaban J connectivity index is 0.00000225. The normalized spacial score (nSPS) is 24.7. The number of likely N-dealkylation sites (tertiary alicyclic amines) is 1. The Kier molecular flexibility index (Phi) is 6.30. The van der Waals surface area contributed by atoms with E-state index in [-0.39, 0.29) is 36.4 Å². The molecule has 0 radical (unpaired) electrons. The molecular weight excluding hydrogens is 228 g/mol. The highest BCUT2D eigenvalue weighted by molar-refractivity contribution is 5.85. The number of hydrogen-bond donors (Lipinski definition) is 1. The number of hydrogen-bond acceptors (Lipinski definition) is 3. The van der Waals surface area contributed by atoms with E-state index >= 15 is 0 Å². The van der Waals surface area contributed by atoms with Crippen molar-refractivity contribution < 1.29 is 9.53 Å². The van der Waals surface area contributed by atoms with Gasteiger partial charge in [-0.3, -0.25) is 4.79 Å². The molecule has 0 spiro atoms. The van der Waals surface area contributed by atoms with Crippen LogP contribution >= 0.6 is 12.4 Å². The number of amides is 1. The highest BCUT2D eigenvalue weighted by Gasteiger charge is 2.34. The van der Waals surface area contributed by atoms with Crippen molar-refractivity contribution in [3.8, 4) is 0 Å². The summed E-state index contributed by atoms with van der Waals surface area (Å²) >= 11 is 0. The third-order valence-electron chi connectivity index (χ3n) is 2.94. The summed E-state index contributed by atoms with van der Waals surface area (Å²) in [6, 6.07) is 0. The van der Waals surface area contributed by atoms with Crippen molar-refractivity contribution in [3.05, 3.63) is 0 Å². The molecule has 0 aromatic rings. The average molecular weight is 251 g/mol. The van der Waals surface area contributed by atoms with Gasteiger partial charge in [0.15, 0.2) is 0 Å². The maximum atomic E-state index is 11.7. The molecule has 1 amide bonds. The molecule has 0 aliphatic carbocycles. The van der Waals surface area contributed by atoms with Crippen LogP contribution in [0.25, 0.3) is 0 Å². The van der Waals surface area contributed by atoms with Crippen LogP contribution in [0.15, 0.2) is 0 Å². The summed E-state index contributed by atoms with van der Waals surface area (Å²) in [6.07, 6.45) is 1.11. The van der Waals surface area contributed by atoms with Crippen molar-refractivity contribution >= 4 is 18.3 Å². The number of nitrogens with two attached hydrogens (primary N) is 1. The lowest BCUT2D eigenvalue weighted by Gasteiger charge is -2.22. The summed E-state index contributed by atoms with van der Waals surface area (Å²) in [6.45, 7) is 8.41. The predicted molar refractivity (Wildman–Crippen MR) is 66.7 cm³/mol. The first kappa shape index (κ1) is 15.7. The Hall–Kier alpha value is -0.320. The molecule has 96 valence electrons. The summed E-state index contributed by atoms with van der Waals surface area (Å²) in [5.41, 5.74) is 5.79. The second-order valence-corrected chi connectivity index (χ2v) is 4.94. The molecule has 16 heavy (non-hydrogen) atoms. The van der Waals surface area contributed by atoms with E-state index in [1.165, 1.54) is 0 Å². The molecule has 1 unspecified atom stereocenters. The molecule has 2 N–H and O–H groups in total. The summed E-state index contributed by atoms with van der Waals surface area (Å²) in [7, 11) is 0. The van der Waals surface area contributed by atoms with Gasteiger partial charge < -0.3 is 15.4 Å². The first-order valence-electron chi connectivity index (χ1n) is 5.56. The maximum absolute atomic E-state index is 11.7. The Bertz CT molecular complexity index is 236. The molecule has 0 saturated carbocycles. The molecule has 5 heteroatoms. The van der Waals surface area contributed by atoms with Crippen LogP contribution in [0.2, 0.25) is 0 Å². The van der Waals surface area contributed by atoms with Gasteiger partial charge in [-0.2, -0.15) is 0 Å². The van der Waals surface area contributed by atoms with Crippen LogP contribution in [0.3, 0.4) is 0 Å². The quantitative estimate of drug-likeness (QED) is 0.811. The van der Waals surface area contributed by atoms with Gasteiger partial charge in [0.25, 0.3) is 0 Å². The third kappa shape index (κ3) is 4.28. The summed E-state index contributed by atoms with van der Waals surface area (Å²) < 4.78 is 5.30. The van der Waals surface area contributed by atoms with Gasteiger partial charge in [0.05, 0.1) is 6.10 Å². The number of carbonyl (C=O) groups excluding carboxylic acids is 1. The fourth-order valence-electron chi connectivity index (χ4n) is 1.73. The molecule has 4 nitrogen and oxygen atoms in total. The van der Waals surface area contributed by atoms with Gasteiger partial charge in [0.1, 0.15) is 6.61 Å². The lowest BCUT2D eigenvalue weighted by Crippen LogP contribution is -2.36. The SMILES string of the molecule is CC(C)OCC(=O)N1CCC(C)(CN)C1.Cl. The van der Waals surface area contributed by atoms with Gasteiger partial charge in [-0.15, -0.1) is 12.4 Å². The predicted octanol–water partition coefficient (Wildman–Crippen LogP) is 1.03. The summed E-state index contributed by atoms with van der Waals surface area (Å²) in [5, 5.41) is 0. The molecule has 1 rings (SSSR count). The van der Waals surface area contributed by atoms with Crippen LogP contribution in [-0.2, 0) is 9.53 Å². The third-order valence-corrected chi connectivity index (χ3v) is 2.94. The lowest BCUT2D eigenvalue weighted by molar-refractivity contribution is -0.136. The van der Waals surface area contributed by atoms with Crippen LogP contribution in [0.1, 0.15) is 27.2 Å². The number of carbonyl (C=O) groups is 1. The molecule has 1 fully saturated rings. The molecule has 1 aliphatic rings. The Morgan fingerprint density at radius 3 is 2.62 bits per heavy atom. The highest BCUT2D eigenvalue weighted by atomic mass is 35.5. The number of rotatable bonds is 4. The second-order valence-electron chi connectivity index (χ2n) is 4.94. The fourth-order valence-corrected chi connectivity index (χ4v) is 1.73. The van der Waals surface area contributed by atoms with E-state index < -0.39 is 0 Å². The van der Waals surface area contributed by atoms with Gasteiger partial charge in [0, 0.05) is 13.1 Å². The summed E-state index contributed by atoms with van der Waals surface area (Å²) in [4.78, 5) is 13.6. The average Bonchev–Trinajstić information content (AvgIpc) is 2.58. The fraction of sp³-hybridized carbons (Fsp3) is 0.909. The van der Waals surface area contributed by atoms with Gasteiger partial charge in [0.2, 0.25) is 5.91 Å². The monoisotopic (exact) mass is 250 g/mol. The molecule has 1 aliphatic heterocycles. The van der Waals surface area contributed by atoms with Crippen molar-refractivity contribution in [2.24, 2.45) is 11.1 Å². The minimum atomic E-state index is 0. The highest BCUT2D eigenvalue weighted by Crippen LogP contribution is 2.28. The zero-order valence-electron chi connectivity index (χ0n) is 10.4. The van der Waals surface area contributed by atoms with Gasteiger partial charge in [-0.05, 0) is 32.2 Å². The molecule has 0 bridgehead atoms.